The van der Waals surface area contributed by atoms with Crippen LogP contribution in [0.2, 0.25) is 0 Å². The van der Waals surface area contributed by atoms with Gasteiger partial charge in [0.25, 0.3) is 5.91 Å². The third-order valence-electron chi connectivity index (χ3n) is 5.08. The number of aromatic nitrogens is 2. The Morgan fingerprint density at radius 1 is 0.944 bits per heavy atom. The molecule has 0 aliphatic carbocycles. The molecule has 190 valence electrons. The van der Waals surface area contributed by atoms with Crippen molar-refractivity contribution in [2.24, 2.45) is 0 Å². The molecule has 10 heteroatoms. The topological polar surface area (TPSA) is 120 Å². The smallest absolute Gasteiger partial charge is 0.306 e. The Kier molecular flexibility index (Phi) is 9.52. The number of esters is 1. The van der Waals surface area contributed by atoms with Crippen molar-refractivity contribution in [3.05, 3.63) is 58.6 Å². The summed E-state index contributed by atoms with van der Waals surface area (Å²) in [5.41, 5.74) is 2.78. The number of carbonyl (C=O) groups is 3. The van der Waals surface area contributed by atoms with E-state index in [2.05, 4.69) is 46.8 Å². The van der Waals surface area contributed by atoms with Gasteiger partial charge in [-0.15, -0.1) is 10.2 Å². The van der Waals surface area contributed by atoms with Crippen LogP contribution >= 0.6 is 11.3 Å². The number of anilines is 2. The summed E-state index contributed by atoms with van der Waals surface area (Å²) in [6.07, 6.45) is 0.458. The molecule has 9 nitrogen and oxygen atoms in total. The minimum atomic E-state index is -0.549. The molecule has 1 aromatic heterocycles. The van der Waals surface area contributed by atoms with Crippen LogP contribution in [-0.2, 0) is 19.1 Å². The first-order chi connectivity index (χ1) is 17.2. The lowest BCUT2D eigenvalue weighted by Crippen LogP contribution is -2.21. The number of nitrogens with one attached hydrogen (secondary N) is 2. The molecule has 0 aliphatic heterocycles. The normalized spacial score (nSPS) is 10.7. The first kappa shape index (κ1) is 26.8. The summed E-state index contributed by atoms with van der Waals surface area (Å²) in [7, 11) is 0. The number of carbonyl (C=O) groups excluding carboxylic acids is 3. The van der Waals surface area contributed by atoms with Crippen molar-refractivity contribution in [3.8, 4) is 11.5 Å². The predicted molar refractivity (Wildman–Crippen MR) is 138 cm³/mol. The average Bonchev–Trinajstić information content (AvgIpc) is 3.23. The van der Waals surface area contributed by atoms with Crippen LogP contribution in [0, 0.1) is 13.8 Å². The standard InChI is InChI=1S/C26H30N4O5S/c1-16(2)21-13-8-17(3)14-22(21)35-20-11-9-19(10-12-20)27-24(32)15-34-25(33)7-5-6-23(31)28-26-30-29-18(4)36-26/h8-14,16H,5-7,15H2,1-4H3,(H,27,32)(H,28,30,31). The van der Waals surface area contributed by atoms with Crippen molar-refractivity contribution < 1.29 is 23.9 Å². The Morgan fingerprint density at radius 2 is 1.69 bits per heavy atom. The van der Waals surface area contributed by atoms with Gasteiger partial charge in [-0.05, 0) is 67.6 Å². The molecular formula is C26H30N4O5S. The molecule has 0 saturated heterocycles. The Balaban J connectivity index is 1.38. The van der Waals surface area contributed by atoms with Gasteiger partial charge >= 0.3 is 5.97 Å². The fourth-order valence-corrected chi connectivity index (χ4v) is 3.89. The minimum absolute atomic E-state index is 0.0270. The number of rotatable bonds is 11. The third kappa shape index (κ3) is 8.46. The van der Waals surface area contributed by atoms with Crippen LogP contribution in [0.4, 0.5) is 10.8 Å². The molecule has 0 unspecified atom stereocenters. The van der Waals surface area contributed by atoms with Crippen LogP contribution in [0.15, 0.2) is 42.5 Å². The number of ether oxygens (including phenoxy) is 2. The van der Waals surface area contributed by atoms with E-state index in [1.807, 2.05) is 13.0 Å². The number of nitrogens with zero attached hydrogens (tertiary/aromatic N) is 2. The fourth-order valence-electron chi connectivity index (χ4n) is 3.28. The molecule has 1 heterocycles. The van der Waals surface area contributed by atoms with Crippen molar-refractivity contribution in [1.29, 1.82) is 0 Å². The molecule has 3 rings (SSSR count). The molecule has 36 heavy (non-hydrogen) atoms. The maximum Gasteiger partial charge on any atom is 0.306 e. The lowest BCUT2D eigenvalue weighted by molar-refractivity contribution is -0.147. The first-order valence-electron chi connectivity index (χ1n) is 11.6. The van der Waals surface area contributed by atoms with Gasteiger partial charge in [0.15, 0.2) is 6.61 Å². The van der Waals surface area contributed by atoms with Crippen LogP contribution in [0.1, 0.15) is 55.2 Å². The summed E-state index contributed by atoms with van der Waals surface area (Å²) in [6, 6.07) is 13.1. The van der Waals surface area contributed by atoms with E-state index in [9.17, 15) is 14.4 Å². The van der Waals surface area contributed by atoms with E-state index in [1.54, 1.807) is 31.2 Å². The number of amides is 2. The molecule has 0 bridgehead atoms. The lowest BCUT2D eigenvalue weighted by atomic mass is 10.0. The Bertz CT molecular complexity index is 1210. The number of hydrogen-bond donors (Lipinski definition) is 2. The highest BCUT2D eigenvalue weighted by Gasteiger charge is 2.12. The van der Waals surface area contributed by atoms with Gasteiger partial charge in [-0.1, -0.05) is 37.3 Å². The van der Waals surface area contributed by atoms with E-state index in [4.69, 9.17) is 9.47 Å². The van der Waals surface area contributed by atoms with E-state index in [-0.39, 0.29) is 18.7 Å². The van der Waals surface area contributed by atoms with Crippen LogP contribution in [-0.4, -0.2) is 34.6 Å². The zero-order valence-corrected chi connectivity index (χ0v) is 21.6. The molecule has 2 aromatic carbocycles. The highest BCUT2D eigenvalue weighted by molar-refractivity contribution is 7.15. The van der Waals surface area contributed by atoms with E-state index < -0.39 is 18.5 Å². The number of benzene rings is 2. The zero-order valence-electron chi connectivity index (χ0n) is 20.8. The maximum absolute atomic E-state index is 12.1. The van der Waals surface area contributed by atoms with E-state index in [1.165, 1.54) is 11.3 Å². The second-order valence-corrected chi connectivity index (χ2v) is 9.74. The van der Waals surface area contributed by atoms with Crippen LogP contribution in [0.3, 0.4) is 0 Å². The van der Waals surface area contributed by atoms with Crippen molar-refractivity contribution in [2.45, 2.75) is 52.9 Å². The van der Waals surface area contributed by atoms with Crippen LogP contribution in [0.25, 0.3) is 0 Å². The Labute approximate surface area is 214 Å². The van der Waals surface area contributed by atoms with Gasteiger partial charge in [-0.2, -0.15) is 0 Å². The second-order valence-electron chi connectivity index (χ2n) is 8.56. The SMILES string of the molecule is Cc1ccc(C(C)C)c(Oc2ccc(NC(=O)COC(=O)CCCC(=O)Nc3nnc(C)s3)cc2)c1. The minimum Gasteiger partial charge on any atom is -0.457 e. The van der Waals surface area contributed by atoms with Crippen molar-refractivity contribution >= 4 is 39.9 Å². The summed E-state index contributed by atoms with van der Waals surface area (Å²) in [5.74, 6) is 0.518. The van der Waals surface area contributed by atoms with Crippen molar-refractivity contribution in [3.63, 3.8) is 0 Å². The quantitative estimate of drug-likeness (QED) is 0.333. The zero-order chi connectivity index (χ0) is 26.1. The Hall–Kier alpha value is -3.79. The predicted octanol–water partition coefficient (Wildman–Crippen LogP) is 5.36. The van der Waals surface area contributed by atoms with Gasteiger partial charge in [0.05, 0.1) is 0 Å². The van der Waals surface area contributed by atoms with Gasteiger partial charge in [0, 0.05) is 18.5 Å². The average molecular weight is 511 g/mol. The van der Waals surface area contributed by atoms with Gasteiger partial charge < -0.3 is 20.1 Å². The summed E-state index contributed by atoms with van der Waals surface area (Å²) in [5, 5.41) is 14.1. The Morgan fingerprint density at radius 3 is 2.36 bits per heavy atom. The summed E-state index contributed by atoms with van der Waals surface area (Å²) >= 11 is 1.27. The molecule has 0 radical (unpaired) electrons. The van der Waals surface area contributed by atoms with E-state index >= 15 is 0 Å². The molecule has 2 amide bonds. The molecule has 0 saturated carbocycles. The van der Waals surface area contributed by atoms with Gasteiger partial charge in [-0.3, -0.25) is 14.4 Å². The summed E-state index contributed by atoms with van der Waals surface area (Å²) < 4.78 is 11.1. The van der Waals surface area contributed by atoms with Crippen LogP contribution in [0.5, 0.6) is 11.5 Å². The van der Waals surface area contributed by atoms with E-state index in [0.717, 1.165) is 21.9 Å². The molecule has 0 fully saturated rings. The number of aryl methyl sites for hydroxylation is 2. The third-order valence-corrected chi connectivity index (χ3v) is 5.83. The van der Waals surface area contributed by atoms with Gasteiger partial charge in [-0.25, -0.2) is 0 Å². The monoisotopic (exact) mass is 510 g/mol. The fraction of sp³-hybridized carbons (Fsp3) is 0.346. The lowest BCUT2D eigenvalue weighted by Gasteiger charge is -2.15. The molecule has 2 N–H and O–H groups in total. The molecule has 0 atom stereocenters. The molecular weight excluding hydrogens is 480 g/mol. The van der Waals surface area contributed by atoms with Crippen LogP contribution < -0.4 is 15.4 Å². The second kappa shape index (κ2) is 12.8. The first-order valence-corrected chi connectivity index (χ1v) is 12.4. The maximum atomic E-state index is 12.1. The number of hydrogen-bond acceptors (Lipinski definition) is 8. The van der Waals surface area contributed by atoms with Crippen molar-refractivity contribution in [2.75, 3.05) is 17.2 Å². The molecule has 0 aliphatic rings. The van der Waals surface area contributed by atoms with Gasteiger partial charge in [0.1, 0.15) is 16.5 Å². The largest absolute Gasteiger partial charge is 0.457 e. The summed E-state index contributed by atoms with van der Waals surface area (Å²) in [4.78, 5) is 35.9. The van der Waals surface area contributed by atoms with E-state index in [0.29, 0.717) is 28.9 Å². The highest BCUT2D eigenvalue weighted by atomic mass is 32.1. The molecule has 0 spiro atoms. The summed E-state index contributed by atoms with van der Waals surface area (Å²) in [6.45, 7) is 7.62. The highest BCUT2D eigenvalue weighted by Crippen LogP contribution is 2.32. The molecule has 3 aromatic rings. The van der Waals surface area contributed by atoms with Gasteiger partial charge in [0.2, 0.25) is 11.0 Å². The van der Waals surface area contributed by atoms with Crippen molar-refractivity contribution in [1.82, 2.24) is 10.2 Å².